The number of fused-ring (bicyclic) bond motifs is 1. The minimum atomic E-state index is 0.0118. The average Bonchev–Trinajstić information content (AvgIpc) is 2.90. The minimum Gasteiger partial charge on any atom is -0.369 e. The molecule has 2 aliphatic rings. The summed E-state index contributed by atoms with van der Waals surface area (Å²) >= 11 is 0. The molecule has 0 aromatic carbocycles. The third-order valence-corrected chi connectivity index (χ3v) is 3.90. The van der Waals surface area contributed by atoms with Crippen LogP contribution in [0.3, 0.4) is 0 Å². The van der Waals surface area contributed by atoms with E-state index in [1.807, 2.05) is 0 Å². The Morgan fingerprint density at radius 3 is 2.82 bits per heavy atom. The fraction of sp³-hybridized carbons (Fsp3) is 0.667. The normalized spacial score (nSPS) is 20.0. The zero-order valence-electron chi connectivity index (χ0n) is 10.00. The molecule has 17 heavy (non-hydrogen) atoms. The summed E-state index contributed by atoms with van der Waals surface area (Å²) in [6, 6.07) is 0. The largest absolute Gasteiger partial charge is 0.369 e. The summed E-state index contributed by atoms with van der Waals surface area (Å²) in [5.41, 5.74) is 8.07. The molecule has 5 nitrogen and oxygen atoms in total. The number of nitrogen functional groups attached to an aromatic ring is 1. The Balaban J connectivity index is 1.99. The Bertz CT molecular complexity index is 442. The first-order valence-electron chi connectivity index (χ1n) is 6.47. The second-order valence-corrected chi connectivity index (χ2v) is 5.02. The molecule has 1 aliphatic heterocycles. The molecule has 0 amide bonds. The van der Waals surface area contributed by atoms with E-state index in [0.717, 1.165) is 18.8 Å². The maximum absolute atomic E-state index is 7.57. The molecule has 5 heteroatoms. The van der Waals surface area contributed by atoms with Crippen LogP contribution in [0.4, 0.5) is 5.82 Å². The number of aromatic nitrogens is 2. The van der Waals surface area contributed by atoms with Crippen molar-refractivity contribution in [1.82, 2.24) is 9.78 Å². The number of hydrogen-bond acceptors (Lipinski definition) is 3. The molecule has 1 aliphatic carbocycles. The first-order valence-corrected chi connectivity index (χ1v) is 6.47. The molecular formula is C12H19N5. The molecule has 92 valence electrons. The molecule has 0 saturated heterocycles. The van der Waals surface area contributed by atoms with Crippen molar-refractivity contribution in [2.75, 3.05) is 11.9 Å². The van der Waals surface area contributed by atoms with Gasteiger partial charge in [0, 0.05) is 18.0 Å². The van der Waals surface area contributed by atoms with Gasteiger partial charge in [0.1, 0.15) is 5.82 Å². The van der Waals surface area contributed by atoms with Gasteiger partial charge in [-0.1, -0.05) is 19.3 Å². The van der Waals surface area contributed by atoms with Gasteiger partial charge in [-0.3, -0.25) is 5.41 Å². The van der Waals surface area contributed by atoms with Crippen molar-refractivity contribution in [3.8, 4) is 0 Å². The Morgan fingerprint density at radius 2 is 2.12 bits per heavy atom. The van der Waals surface area contributed by atoms with Gasteiger partial charge in [-0.25, -0.2) is 0 Å². The van der Waals surface area contributed by atoms with E-state index in [2.05, 4.69) is 10.4 Å². The Hall–Kier alpha value is -1.52. The van der Waals surface area contributed by atoms with Crippen LogP contribution in [-0.2, 0) is 6.42 Å². The van der Waals surface area contributed by atoms with Crippen molar-refractivity contribution in [1.29, 1.82) is 5.41 Å². The minimum absolute atomic E-state index is 0.0118. The van der Waals surface area contributed by atoms with Gasteiger partial charge in [0.05, 0.1) is 5.69 Å². The van der Waals surface area contributed by atoms with Crippen molar-refractivity contribution in [3.05, 3.63) is 11.3 Å². The molecule has 1 saturated carbocycles. The Kier molecular flexibility index (Phi) is 2.53. The topological polar surface area (TPSA) is 79.7 Å². The lowest BCUT2D eigenvalue weighted by Crippen LogP contribution is -2.24. The van der Waals surface area contributed by atoms with Gasteiger partial charge in [-0.05, 0) is 19.3 Å². The summed E-state index contributed by atoms with van der Waals surface area (Å²) in [4.78, 5) is 0. The molecular weight excluding hydrogens is 214 g/mol. The monoisotopic (exact) mass is 233 g/mol. The van der Waals surface area contributed by atoms with E-state index < -0.39 is 0 Å². The number of rotatable bonds is 1. The van der Waals surface area contributed by atoms with Crippen molar-refractivity contribution in [2.24, 2.45) is 5.73 Å². The lowest BCUT2D eigenvalue weighted by Gasteiger charge is -2.20. The van der Waals surface area contributed by atoms with E-state index in [4.69, 9.17) is 11.1 Å². The molecule has 4 N–H and O–H groups in total. The number of nitrogens with two attached hydrogens (primary N) is 1. The molecule has 1 fully saturated rings. The highest BCUT2D eigenvalue weighted by Crippen LogP contribution is 2.37. The summed E-state index contributed by atoms with van der Waals surface area (Å²) < 4.78 is 1.56. The summed E-state index contributed by atoms with van der Waals surface area (Å²) in [7, 11) is 0. The van der Waals surface area contributed by atoms with Gasteiger partial charge < -0.3 is 11.1 Å². The average molecular weight is 233 g/mol. The SMILES string of the molecule is N=C(N)n1nc(C2CCCCC2)c2c1NCC2. The van der Waals surface area contributed by atoms with Crippen LogP contribution in [0.2, 0.25) is 0 Å². The molecule has 1 aromatic rings. The highest BCUT2D eigenvalue weighted by molar-refractivity contribution is 5.81. The van der Waals surface area contributed by atoms with Crippen LogP contribution >= 0.6 is 0 Å². The first kappa shape index (κ1) is 10.6. The fourth-order valence-electron chi connectivity index (χ4n) is 3.08. The van der Waals surface area contributed by atoms with Gasteiger partial charge in [-0.2, -0.15) is 9.78 Å². The van der Waals surface area contributed by atoms with E-state index in [-0.39, 0.29) is 5.96 Å². The van der Waals surface area contributed by atoms with E-state index in [0.29, 0.717) is 5.92 Å². The van der Waals surface area contributed by atoms with Gasteiger partial charge in [0.15, 0.2) is 0 Å². The Labute approximate surface area is 101 Å². The maximum Gasteiger partial charge on any atom is 0.215 e. The third kappa shape index (κ3) is 1.69. The molecule has 3 rings (SSSR count). The van der Waals surface area contributed by atoms with Crippen LogP contribution in [0, 0.1) is 5.41 Å². The second kappa shape index (κ2) is 4.05. The van der Waals surface area contributed by atoms with E-state index in [9.17, 15) is 0 Å². The number of nitrogens with one attached hydrogen (secondary N) is 2. The maximum atomic E-state index is 7.57. The highest BCUT2D eigenvalue weighted by atomic mass is 15.4. The van der Waals surface area contributed by atoms with Gasteiger partial charge in [0.25, 0.3) is 0 Å². The van der Waals surface area contributed by atoms with Gasteiger partial charge >= 0.3 is 0 Å². The number of hydrogen-bond donors (Lipinski definition) is 3. The standard InChI is InChI=1S/C12H19N5/c13-12(14)17-11-9(6-7-15-11)10(16-17)8-4-2-1-3-5-8/h8,15H,1-7H2,(H3,13,14). The smallest absolute Gasteiger partial charge is 0.215 e. The number of anilines is 1. The van der Waals surface area contributed by atoms with E-state index >= 15 is 0 Å². The first-order chi connectivity index (χ1) is 8.27. The third-order valence-electron chi connectivity index (χ3n) is 3.90. The molecule has 1 aromatic heterocycles. The molecule has 0 atom stereocenters. The quantitative estimate of drug-likeness (QED) is 0.509. The van der Waals surface area contributed by atoms with Crippen LogP contribution in [-0.4, -0.2) is 22.3 Å². The highest BCUT2D eigenvalue weighted by Gasteiger charge is 2.28. The van der Waals surface area contributed by atoms with Crippen LogP contribution in [0.15, 0.2) is 0 Å². The van der Waals surface area contributed by atoms with Crippen LogP contribution in [0.25, 0.3) is 0 Å². The van der Waals surface area contributed by atoms with Crippen molar-refractivity contribution in [3.63, 3.8) is 0 Å². The van der Waals surface area contributed by atoms with E-state index in [1.165, 1.54) is 43.4 Å². The molecule has 0 radical (unpaired) electrons. The van der Waals surface area contributed by atoms with Crippen molar-refractivity contribution in [2.45, 2.75) is 44.4 Å². The van der Waals surface area contributed by atoms with Crippen molar-refractivity contribution >= 4 is 11.8 Å². The zero-order valence-corrected chi connectivity index (χ0v) is 10.00. The molecule has 2 heterocycles. The van der Waals surface area contributed by atoms with Crippen LogP contribution < -0.4 is 11.1 Å². The second-order valence-electron chi connectivity index (χ2n) is 5.02. The zero-order chi connectivity index (χ0) is 11.8. The summed E-state index contributed by atoms with van der Waals surface area (Å²) in [6.07, 6.45) is 7.46. The van der Waals surface area contributed by atoms with Crippen LogP contribution in [0.5, 0.6) is 0 Å². The van der Waals surface area contributed by atoms with Gasteiger partial charge in [-0.15, -0.1) is 0 Å². The predicted molar refractivity (Wildman–Crippen MR) is 67.6 cm³/mol. The fourth-order valence-corrected chi connectivity index (χ4v) is 3.08. The summed E-state index contributed by atoms with van der Waals surface area (Å²) in [5, 5.41) is 15.4. The van der Waals surface area contributed by atoms with Gasteiger partial charge in [0.2, 0.25) is 5.96 Å². The van der Waals surface area contributed by atoms with Crippen molar-refractivity contribution < 1.29 is 0 Å². The molecule has 0 bridgehead atoms. The lowest BCUT2D eigenvalue weighted by molar-refractivity contribution is 0.433. The summed E-state index contributed by atoms with van der Waals surface area (Å²) in [5.74, 6) is 1.55. The summed E-state index contributed by atoms with van der Waals surface area (Å²) in [6.45, 7) is 0.945. The number of nitrogens with zero attached hydrogens (tertiary/aromatic N) is 2. The molecule has 0 spiro atoms. The lowest BCUT2D eigenvalue weighted by atomic mass is 9.85. The van der Waals surface area contributed by atoms with E-state index in [1.54, 1.807) is 4.68 Å². The van der Waals surface area contributed by atoms with Crippen LogP contribution in [0.1, 0.15) is 49.3 Å². The predicted octanol–water partition coefficient (Wildman–Crippen LogP) is 1.64. The Morgan fingerprint density at radius 1 is 1.35 bits per heavy atom. The molecule has 0 unspecified atom stereocenters.